The standard InChI is InChI=1S/C26H28N2O8S/c1-14-5-7-17-19(11-14)37-22(21(17)26(33)35-3)27-20(29)13-36-25(32)15-6-8-16-18(12-15)24(31)28(23(16)30)9-4-10-34-2/h6,8,12,14H,4-5,7,9-11,13H2,1-3H3,(H,27,29). The number of hydrogen-bond donors (Lipinski definition) is 1. The SMILES string of the molecule is COCCCN1C(=O)c2ccc(C(=O)OCC(=O)Nc3sc4c(c3C(=O)OC)CCC(C)C4)cc2C1=O. The van der Waals surface area contributed by atoms with Gasteiger partial charge in [-0.25, -0.2) is 9.59 Å². The van der Waals surface area contributed by atoms with Gasteiger partial charge in [-0.3, -0.25) is 19.3 Å². The van der Waals surface area contributed by atoms with Crippen molar-refractivity contribution in [2.75, 3.05) is 39.3 Å². The van der Waals surface area contributed by atoms with E-state index in [1.165, 1.54) is 43.8 Å². The van der Waals surface area contributed by atoms with E-state index >= 15 is 0 Å². The van der Waals surface area contributed by atoms with Crippen LogP contribution in [0.25, 0.3) is 0 Å². The van der Waals surface area contributed by atoms with Crippen molar-refractivity contribution in [1.82, 2.24) is 4.90 Å². The number of anilines is 1. The normalized spacial score (nSPS) is 16.3. The lowest BCUT2D eigenvalue weighted by Gasteiger charge is -2.18. The second-order valence-electron chi connectivity index (χ2n) is 9.04. The van der Waals surface area contributed by atoms with Crippen molar-refractivity contribution in [2.24, 2.45) is 5.92 Å². The zero-order valence-electron chi connectivity index (χ0n) is 20.9. The third-order valence-electron chi connectivity index (χ3n) is 6.43. The van der Waals surface area contributed by atoms with Crippen LogP contribution in [-0.2, 0) is 31.8 Å². The third kappa shape index (κ3) is 5.42. The third-order valence-corrected chi connectivity index (χ3v) is 7.59. The highest BCUT2D eigenvalue weighted by molar-refractivity contribution is 7.17. The van der Waals surface area contributed by atoms with E-state index in [2.05, 4.69) is 12.2 Å². The molecule has 0 saturated heterocycles. The van der Waals surface area contributed by atoms with Crippen LogP contribution < -0.4 is 5.32 Å². The lowest BCUT2D eigenvalue weighted by molar-refractivity contribution is -0.119. The van der Waals surface area contributed by atoms with Gasteiger partial charge in [0.1, 0.15) is 5.00 Å². The zero-order chi connectivity index (χ0) is 26.7. The summed E-state index contributed by atoms with van der Waals surface area (Å²) < 4.78 is 15.0. The summed E-state index contributed by atoms with van der Waals surface area (Å²) in [4.78, 5) is 64.9. The molecule has 2 aliphatic rings. The molecule has 196 valence electrons. The van der Waals surface area contributed by atoms with Gasteiger partial charge in [0.25, 0.3) is 17.7 Å². The molecular weight excluding hydrogens is 500 g/mol. The monoisotopic (exact) mass is 528 g/mol. The topological polar surface area (TPSA) is 128 Å². The Morgan fingerprint density at radius 2 is 1.86 bits per heavy atom. The van der Waals surface area contributed by atoms with Crippen molar-refractivity contribution in [2.45, 2.75) is 32.6 Å². The Bertz CT molecular complexity index is 1270. The van der Waals surface area contributed by atoms with Crippen LogP contribution in [0, 0.1) is 5.92 Å². The summed E-state index contributed by atoms with van der Waals surface area (Å²) in [6.07, 6.45) is 2.98. The van der Waals surface area contributed by atoms with Gasteiger partial charge in [0.15, 0.2) is 6.61 Å². The molecule has 1 aliphatic carbocycles. The molecule has 2 aromatic rings. The number of carbonyl (C=O) groups is 5. The number of amides is 3. The fraction of sp³-hybridized carbons (Fsp3) is 0.423. The van der Waals surface area contributed by atoms with Gasteiger partial charge >= 0.3 is 11.9 Å². The summed E-state index contributed by atoms with van der Waals surface area (Å²) >= 11 is 1.33. The van der Waals surface area contributed by atoms with Crippen LogP contribution in [0.15, 0.2) is 18.2 Å². The molecule has 11 heteroatoms. The lowest BCUT2D eigenvalue weighted by Crippen LogP contribution is -2.31. The average molecular weight is 529 g/mol. The van der Waals surface area contributed by atoms with Crippen LogP contribution >= 0.6 is 11.3 Å². The van der Waals surface area contributed by atoms with Crippen LogP contribution in [0.2, 0.25) is 0 Å². The molecule has 0 radical (unpaired) electrons. The number of nitrogens with one attached hydrogen (secondary N) is 1. The van der Waals surface area contributed by atoms with Gasteiger partial charge in [-0.1, -0.05) is 6.92 Å². The molecule has 2 heterocycles. The Balaban J connectivity index is 1.41. The maximum Gasteiger partial charge on any atom is 0.341 e. The van der Waals surface area contributed by atoms with Gasteiger partial charge in [-0.15, -0.1) is 11.3 Å². The average Bonchev–Trinajstić information content (AvgIpc) is 3.35. The van der Waals surface area contributed by atoms with E-state index < -0.39 is 36.3 Å². The van der Waals surface area contributed by atoms with E-state index in [0.29, 0.717) is 29.5 Å². The number of benzene rings is 1. The smallest absolute Gasteiger partial charge is 0.341 e. The molecule has 0 bridgehead atoms. The number of nitrogens with zero attached hydrogens (tertiary/aromatic N) is 1. The van der Waals surface area contributed by atoms with Gasteiger partial charge in [-0.05, 0) is 55.4 Å². The van der Waals surface area contributed by atoms with Gasteiger partial charge in [0.05, 0.1) is 29.4 Å². The maximum absolute atomic E-state index is 12.7. The predicted octanol–water partition coefficient (Wildman–Crippen LogP) is 3.09. The second kappa shape index (κ2) is 11.2. The first-order valence-corrected chi connectivity index (χ1v) is 12.8. The fourth-order valence-electron chi connectivity index (χ4n) is 4.52. The highest BCUT2D eigenvalue weighted by Gasteiger charge is 2.36. The molecule has 1 aliphatic heterocycles. The number of hydrogen-bond acceptors (Lipinski definition) is 9. The van der Waals surface area contributed by atoms with Crippen molar-refractivity contribution in [3.05, 3.63) is 50.9 Å². The van der Waals surface area contributed by atoms with Crippen LogP contribution in [-0.4, -0.2) is 68.5 Å². The van der Waals surface area contributed by atoms with E-state index in [-0.39, 0.29) is 23.2 Å². The number of imide groups is 1. The van der Waals surface area contributed by atoms with Crippen molar-refractivity contribution in [3.63, 3.8) is 0 Å². The number of rotatable bonds is 9. The molecule has 1 N–H and O–H groups in total. The zero-order valence-corrected chi connectivity index (χ0v) is 21.7. The summed E-state index contributed by atoms with van der Waals surface area (Å²) in [5, 5.41) is 3.05. The largest absolute Gasteiger partial charge is 0.465 e. The first kappa shape index (κ1) is 26.5. The molecule has 0 spiro atoms. The van der Waals surface area contributed by atoms with E-state index in [0.717, 1.165) is 34.6 Å². The minimum Gasteiger partial charge on any atom is -0.465 e. The second-order valence-corrected chi connectivity index (χ2v) is 10.1. The molecule has 1 unspecified atom stereocenters. The molecule has 1 aromatic carbocycles. The number of ether oxygens (including phenoxy) is 3. The summed E-state index contributed by atoms with van der Waals surface area (Å²) in [6, 6.07) is 4.09. The summed E-state index contributed by atoms with van der Waals surface area (Å²) in [5.74, 6) is -2.38. The van der Waals surface area contributed by atoms with E-state index in [1.54, 1.807) is 0 Å². The number of esters is 2. The van der Waals surface area contributed by atoms with Crippen LogP contribution in [0.5, 0.6) is 0 Å². The molecule has 1 atom stereocenters. The Kier molecular flexibility index (Phi) is 8.03. The fourth-order valence-corrected chi connectivity index (χ4v) is 5.94. The molecule has 0 fully saturated rings. The molecule has 3 amide bonds. The van der Waals surface area contributed by atoms with Crippen molar-refractivity contribution in [3.8, 4) is 0 Å². The summed E-state index contributed by atoms with van der Waals surface area (Å²) in [6.45, 7) is 2.16. The van der Waals surface area contributed by atoms with Gasteiger partial charge in [0, 0.05) is 25.1 Å². The Morgan fingerprint density at radius 1 is 1.11 bits per heavy atom. The predicted molar refractivity (Wildman–Crippen MR) is 134 cm³/mol. The van der Waals surface area contributed by atoms with Crippen LogP contribution in [0.4, 0.5) is 5.00 Å². The number of methoxy groups -OCH3 is 2. The quantitative estimate of drug-likeness (QED) is 0.299. The first-order chi connectivity index (χ1) is 17.7. The number of thiophene rings is 1. The molecular formula is C26H28N2O8S. The Hall–Kier alpha value is -3.57. The van der Waals surface area contributed by atoms with E-state index in [4.69, 9.17) is 14.2 Å². The lowest BCUT2D eigenvalue weighted by atomic mass is 9.88. The Morgan fingerprint density at radius 3 is 2.59 bits per heavy atom. The molecule has 0 saturated carbocycles. The molecule has 1 aromatic heterocycles. The van der Waals surface area contributed by atoms with E-state index in [9.17, 15) is 24.0 Å². The van der Waals surface area contributed by atoms with Crippen molar-refractivity contribution >= 4 is 46.0 Å². The molecule has 37 heavy (non-hydrogen) atoms. The highest BCUT2D eigenvalue weighted by Crippen LogP contribution is 2.40. The van der Waals surface area contributed by atoms with Gasteiger partial charge in [-0.2, -0.15) is 0 Å². The van der Waals surface area contributed by atoms with Crippen LogP contribution in [0.1, 0.15) is 71.6 Å². The van der Waals surface area contributed by atoms with Crippen molar-refractivity contribution in [1.29, 1.82) is 0 Å². The summed E-state index contributed by atoms with van der Waals surface area (Å²) in [7, 11) is 2.83. The van der Waals surface area contributed by atoms with Gasteiger partial charge < -0.3 is 19.5 Å². The van der Waals surface area contributed by atoms with Gasteiger partial charge in [0.2, 0.25) is 0 Å². The van der Waals surface area contributed by atoms with E-state index in [1.807, 2.05) is 0 Å². The Labute approximate surface area is 217 Å². The minimum absolute atomic E-state index is 0.0438. The molecule has 10 nitrogen and oxygen atoms in total. The highest BCUT2D eigenvalue weighted by atomic mass is 32.1. The number of fused-ring (bicyclic) bond motifs is 2. The molecule has 4 rings (SSSR count). The van der Waals surface area contributed by atoms with Crippen molar-refractivity contribution < 1.29 is 38.2 Å². The number of carbonyl (C=O) groups excluding carboxylic acids is 5. The first-order valence-electron chi connectivity index (χ1n) is 11.9. The summed E-state index contributed by atoms with van der Waals surface area (Å²) in [5.41, 5.74) is 1.62. The minimum atomic E-state index is -0.816. The van der Waals surface area contributed by atoms with Crippen LogP contribution in [0.3, 0.4) is 0 Å². The maximum atomic E-state index is 12.7.